The third kappa shape index (κ3) is 2.82. The van der Waals surface area contributed by atoms with Crippen molar-refractivity contribution in [1.29, 1.82) is 0 Å². The van der Waals surface area contributed by atoms with Crippen molar-refractivity contribution in [3.05, 3.63) is 58.5 Å². The lowest BCUT2D eigenvalue weighted by molar-refractivity contribution is 0.103. The molecule has 8 heteroatoms. The van der Waals surface area contributed by atoms with Crippen molar-refractivity contribution in [2.24, 2.45) is 4.58 Å². The van der Waals surface area contributed by atoms with Crippen molar-refractivity contribution in [2.45, 2.75) is 4.90 Å². The van der Waals surface area contributed by atoms with E-state index in [0.29, 0.717) is 0 Å². The molecule has 0 saturated carbocycles. The summed E-state index contributed by atoms with van der Waals surface area (Å²) in [6, 6.07) is 9.80. The van der Waals surface area contributed by atoms with Gasteiger partial charge in [-0.1, -0.05) is 30.3 Å². The van der Waals surface area contributed by atoms with Gasteiger partial charge in [-0.25, -0.2) is 0 Å². The Balaban J connectivity index is 2.66. The van der Waals surface area contributed by atoms with Gasteiger partial charge in [0.15, 0.2) is 5.78 Å². The number of aromatic hydroxyl groups is 1. The molecule has 0 saturated heterocycles. The molecule has 0 amide bonds. The first-order valence-corrected chi connectivity index (χ1v) is 7.45. The summed E-state index contributed by atoms with van der Waals surface area (Å²) in [5.41, 5.74) is -0.0143. The van der Waals surface area contributed by atoms with Crippen LogP contribution in [0.3, 0.4) is 0 Å². The normalized spacial score (nSPS) is 11.0. The van der Waals surface area contributed by atoms with Crippen molar-refractivity contribution < 1.29 is 23.1 Å². The summed E-state index contributed by atoms with van der Waals surface area (Å²) in [5, 5.41) is 9.91. The lowest BCUT2D eigenvalue weighted by Gasteiger charge is -2.10. The van der Waals surface area contributed by atoms with Gasteiger partial charge in [0.05, 0.1) is 17.3 Å². The maximum atomic E-state index is 12.3. The van der Waals surface area contributed by atoms with Crippen LogP contribution >= 0.6 is 0 Å². The van der Waals surface area contributed by atoms with E-state index < -0.39 is 26.5 Å². The van der Waals surface area contributed by atoms with E-state index >= 15 is 0 Å². The average molecular weight is 321 g/mol. The van der Waals surface area contributed by atoms with Crippen LogP contribution in [-0.2, 0) is 10.0 Å². The van der Waals surface area contributed by atoms with Gasteiger partial charge < -0.3 is 9.84 Å². The Hall–Kier alpha value is -2.74. The van der Waals surface area contributed by atoms with Gasteiger partial charge in [-0.05, 0) is 6.07 Å². The van der Waals surface area contributed by atoms with Gasteiger partial charge in [0.25, 0.3) is 0 Å². The number of phenols is 1. The van der Waals surface area contributed by atoms with Crippen LogP contribution in [0.4, 0.5) is 0 Å². The molecule has 0 aliphatic carbocycles. The molecule has 0 spiro atoms. The van der Waals surface area contributed by atoms with Gasteiger partial charge in [0.2, 0.25) is 0 Å². The Morgan fingerprint density at radius 3 is 2.36 bits per heavy atom. The predicted octanol–water partition coefficient (Wildman–Crippen LogP) is 2.09. The highest BCUT2D eigenvalue weighted by Gasteiger charge is 2.25. The van der Waals surface area contributed by atoms with Gasteiger partial charge in [-0.3, -0.25) is 4.79 Å². The Morgan fingerprint density at radius 2 is 1.82 bits per heavy atom. The fourth-order valence-corrected chi connectivity index (χ4v) is 2.62. The summed E-state index contributed by atoms with van der Waals surface area (Å²) in [5.74, 6) is -1.33. The predicted molar refractivity (Wildman–Crippen MR) is 77.5 cm³/mol. The largest absolute Gasteiger partial charge is 0.507 e. The van der Waals surface area contributed by atoms with E-state index in [2.05, 4.69) is 4.58 Å². The molecular formula is C14H11NO6S. The smallest absolute Gasteiger partial charge is 0.320 e. The van der Waals surface area contributed by atoms with Crippen LogP contribution in [0.1, 0.15) is 15.9 Å². The zero-order valence-electron chi connectivity index (χ0n) is 11.4. The second-order valence-electron chi connectivity index (χ2n) is 4.26. The summed E-state index contributed by atoms with van der Waals surface area (Å²) in [4.78, 5) is 22.2. The van der Waals surface area contributed by atoms with Crippen molar-refractivity contribution in [3.8, 4) is 11.5 Å². The molecule has 0 unspecified atom stereocenters. The van der Waals surface area contributed by atoms with E-state index in [-0.39, 0.29) is 16.9 Å². The summed E-state index contributed by atoms with van der Waals surface area (Å²) >= 11 is 0. The van der Waals surface area contributed by atoms with Gasteiger partial charge in [0, 0.05) is 11.6 Å². The molecule has 0 aromatic heterocycles. The standard InChI is InChI=1S/C14H11NO6S/c1-21-12-8-11(16)10(7-13(12)22(19,20)15-18)14(17)9-5-3-2-4-6-9/h2-8,16H,1H3. The third-order valence-electron chi connectivity index (χ3n) is 2.94. The number of hydrogen-bond donors (Lipinski definition) is 1. The number of phenolic OH excluding ortho intramolecular Hbond substituents is 1. The molecular weight excluding hydrogens is 310 g/mol. The maximum absolute atomic E-state index is 12.3. The SMILES string of the molecule is COc1cc(O)c(C(=O)c2ccccc2)cc1S(=O)(=O)N=O. The van der Waals surface area contributed by atoms with Gasteiger partial charge >= 0.3 is 10.0 Å². The number of carbonyl (C=O) groups excluding carboxylic acids is 1. The molecule has 2 rings (SSSR count). The second kappa shape index (κ2) is 5.94. The average Bonchev–Trinajstić information content (AvgIpc) is 2.54. The highest BCUT2D eigenvalue weighted by molar-refractivity contribution is 7.90. The Bertz CT molecular complexity index is 830. The summed E-state index contributed by atoms with van der Waals surface area (Å²) < 4.78 is 30.2. The zero-order valence-corrected chi connectivity index (χ0v) is 12.2. The van der Waals surface area contributed by atoms with Crippen molar-refractivity contribution in [3.63, 3.8) is 0 Å². The van der Waals surface area contributed by atoms with E-state index in [1.807, 2.05) is 0 Å². The molecule has 2 aromatic carbocycles. The third-order valence-corrected chi connectivity index (χ3v) is 4.01. The van der Waals surface area contributed by atoms with Crippen molar-refractivity contribution >= 4 is 15.8 Å². The minimum atomic E-state index is -4.51. The van der Waals surface area contributed by atoms with Crippen LogP contribution in [0.2, 0.25) is 0 Å². The lowest BCUT2D eigenvalue weighted by atomic mass is 10.0. The Morgan fingerprint density at radius 1 is 1.18 bits per heavy atom. The summed E-state index contributed by atoms with van der Waals surface area (Å²) in [7, 11) is -3.35. The number of ether oxygens (including phenoxy) is 1. The lowest BCUT2D eigenvalue weighted by Crippen LogP contribution is -2.06. The van der Waals surface area contributed by atoms with Gasteiger partial charge in [0.1, 0.15) is 16.4 Å². The monoisotopic (exact) mass is 321 g/mol. The van der Waals surface area contributed by atoms with Crippen LogP contribution < -0.4 is 4.74 Å². The minimum absolute atomic E-state index is 0.255. The second-order valence-corrected chi connectivity index (χ2v) is 5.80. The van der Waals surface area contributed by atoms with Crippen LogP contribution in [0.15, 0.2) is 51.9 Å². The van der Waals surface area contributed by atoms with Crippen LogP contribution in [-0.4, -0.2) is 26.4 Å². The van der Waals surface area contributed by atoms with E-state index in [4.69, 9.17) is 4.74 Å². The number of carbonyl (C=O) groups is 1. The van der Waals surface area contributed by atoms with Crippen molar-refractivity contribution in [2.75, 3.05) is 7.11 Å². The molecule has 0 atom stereocenters. The van der Waals surface area contributed by atoms with Crippen LogP contribution in [0.5, 0.6) is 11.5 Å². The number of nitroso groups, excluding NO2 is 1. The molecule has 22 heavy (non-hydrogen) atoms. The molecule has 1 N–H and O–H groups in total. The van der Waals surface area contributed by atoms with E-state index in [0.717, 1.165) is 19.2 Å². The number of rotatable bonds is 5. The van der Waals surface area contributed by atoms with Crippen LogP contribution in [0, 0.1) is 4.91 Å². The molecule has 0 heterocycles. The van der Waals surface area contributed by atoms with Crippen molar-refractivity contribution in [1.82, 2.24) is 0 Å². The molecule has 2 aromatic rings. The number of methoxy groups -OCH3 is 1. The Kier molecular flexibility index (Phi) is 4.22. The first-order chi connectivity index (χ1) is 10.4. The Labute approximate surface area is 126 Å². The number of nitrogens with zero attached hydrogens (tertiary/aromatic N) is 1. The van der Waals surface area contributed by atoms with E-state index in [1.54, 1.807) is 18.2 Å². The zero-order chi connectivity index (χ0) is 16.3. The highest BCUT2D eigenvalue weighted by Crippen LogP contribution is 2.33. The van der Waals surface area contributed by atoms with Gasteiger partial charge in [-0.2, -0.15) is 8.42 Å². The molecule has 0 radical (unpaired) electrons. The molecule has 0 aliphatic rings. The first kappa shape index (κ1) is 15.6. The highest BCUT2D eigenvalue weighted by atomic mass is 32.2. The van der Waals surface area contributed by atoms with E-state index in [9.17, 15) is 23.2 Å². The number of hydrogen-bond acceptors (Lipinski definition) is 6. The first-order valence-electron chi connectivity index (χ1n) is 6.01. The maximum Gasteiger partial charge on any atom is 0.320 e. The fraction of sp³-hybridized carbons (Fsp3) is 0.0714. The molecule has 7 nitrogen and oxygen atoms in total. The molecule has 0 bridgehead atoms. The topological polar surface area (TPSA) is 110 Å². The van der Waals surface area contributed by atoms with Crippen LogP contribution in [0.25, 0.3) is 0 Å². The van der Waals surface area contributed by atoms with Gasteiger partial charge in [-0.15, -0.1) is 4.91 Å². The molecule has 114 valence electrons. The number of ketones is 1. The summed E-state index contributed by atoms with van der Waals surface area (Å²) in [6.45, 7) is 0. The minimum Gasteiger partial charge on any atom is -0.507 e. The fourth-order valence-electron chi connectivity index (χ4n) is 1.88. The summed E-state index contributed by atoms with van der Waals surface area (Å²) in [6.07, 6.45) is 0. The molecule has 0 fully saturated rings. The quantitative estimate of drug-likeness (QED) is 0.667. The number of benzene rings is 2. The van der Waals surface area contributed by atoms with E-state index in [1.165, 1.54) is 12.1 Å². The molecule has 0 aliphatic heterocycles. The number of sulfonamides is 1.